The summed E-state index contributed by atoms with van der Waals surface area (Å²) in [6, 6.07) is 3.01. The number of anilines is 1. The van der Waals surface area contributed by atoms with Crippen molar-refractivity contribution in [2.75, 3.05) is 37.7 Å². The Labute approximate surface area is 281 Å². The van der Waals surface area contributed by atoms with Gasteiger partial charge in [-0.05, 0) is 56.3 Å². The van der Waals surface area contributed by atoms with Crippen LogP contribution in [0.2, 0.25) is 5.02 Å². The number of fused-ring (bicyclic) bond motifs is 4. The molecule has 5 heterocycles. The number of rotatable bonds is 5. The van der Waals surface area contributed by atoms with E-state index in [4.69, 9.17) is 21.1 Å². The number of nitrogens with one attached hydrogen (secondary N) is 1. The van der Waals surface area contributed by atoms with Crippen LogP contribution in [0, 0.1) is 17.6 Å². The minimum absolute atomic E-state index is 0.0143. The Morgan fingerprint density at radius 2 is 2.06 bits per heavy atom. The number of dihydropyridines is 1. The summed E-state index contributed by atoms with van der Waals surface area (Å²) >= 11 is 6.19. The summed E-state index contributed by atoms with van der Waals surface area (Å²) in [6.45, 7) is 12.0. The highest BCUT2D eigenvalue weighted by atomic mass is 35.5. The maximum atomic E-state index is 16.4. The Bertz CT molecular complexity index is 1910. The molecule has 3 aromatic rings. The van der Waals surface area contributed by atoms with E-state index in [2.05, 4.69) is 21.9 Å². The molecule has 0 saturated carbocycles. The second-order valence-corrected chi connectivity index (χ2v) is 12.7. The molecule has 48 heavy (non-hydrogen) atoms. The van der Waals surface area contributed by atoms with Crippen LogP contribution in [-0.2, 0) is 9.53 Å². The average molecular weight is 683 g/mol. The molecule has 2 N–H and O–H groups in total. The number of halogens is 3. The van der Waals surface area contributed by atoms with E-state index in [9.17, 15) is 14.7 Å². The third-order valence-corrected chi connectivity index (χ3v) is 9.26. The number of aliphatic hydroxyl groups is 1. The van der Waals surface area contributed by atoms with Crippen LogP contribution >= 0.6 is 11.6 Å². The van der Waals surface area contributed by atoms with Crippen LogP contribution in [0.15, 0.2) is 53.5 Å². The zero-order chi connectivity index (χ0) is 34.4. The molecule has 1 aromatic carbocycles. The first-order chi connectivity index (χ1) is 23.0. The number of piperazine rings is 1. The van der Waals surface area contributed by atoms with Gasteiger partial charge in [0.05, 0.1) is 27.7 Å². The SMILES string of the molecule is C=CC(=O)N1CCN(c2nc(=O)n3c4nc(c(F)cc24)-c2c(ccc(Cl)c2F)OCC(OCC)C(O)C2=C3C(C(C)C)NC=C2)[C@@H](C)C1. The number of hydrogen-bond donors (Lipinski definition) is 2. The maximum Gasteiger partial charge on any atom is 0.355 e. The molecule has 2 bridgehead atoms. The number of aromatic nitrogens is 3. The predicted octanol–water partition coefficient (Wildman–Crippen LogP) is 4.12. The van der Waals surface area contributed by atoms with Gasteiger partial charge in [0.15, 0.2) is 17.3 Å². The number of amides is 1. The molecule has 4 atom stereocenters. The summed E-state index contributed by atoms with van der Waals surface area (Å²) in [5.41, 5.74) is -0.826. The Kier molecular flexibility index (Phi) is 9.29. The fourth-order valence-electron chi connectivity index (χ4n) is 6.62. The summed E-state index contributed by atoms with van der Waals surface area (Å²) in [4.78, 5) is 39.4. The topological polar surface area (TPSA) is 122 Å². The summed E-state index contributed by atoms with van der Waals surface area (Å²) in [5, 5.41) is 15.0. The molecule has 3 unspecified atom stereocenters. The van der Waals surface area contributed by atoms with Crippen LogP contribution in [0.3, 0.4) is 0 Å². The Morgan fingerprint density at radius 3 is 2.75 bits per heavy atom. The molecule has 0 radical (unpaired) electrons. The first-order valence-electron chi connectivity index (χ1n) is 15.9. The molecule has 1 fully saturated rings. The monoisotopic (exact) mass is 682 g/mol. The molecule has 0 spiro atoms. The van der Waals surface area contributed by atoms with Crippen molar-refractivity contribution in [1.29, 1.82) is 0 Å². The number of aliphatic hydroxyl groups excluding tert-OH is 1. The van der Waals surface area contributed by atoms with Crippen LogP contribution < -0.4 is 20.6 Å². The van der Waals surface area contributed by atoms with E-state index >= 15 is 8.78 Å². The number of nitrogens with zero attached hydrogens (tertiary/aromatic N) is 5. The first-order valence-corrected chi connectivity index (χ1v) is 16.2. The van der Waals surface area contributed by atoms with E-state index in [1.165, 1.54) is 28.8 Å². The van der Waals surface area contributed by atoms with Crippen LogP contribution in [0.25, 0.3) is 28.0 Å². The third kappa shape index (κ3) is 5.73. The molecule has 0 aliphatic carbocycles. The molecule has 254 valence electrons. The van der Waals surface area contributed by atoms with E-state index in [-0.39, 0.29) is 70.8 Å². The summed E-state index contributed by atoms with van der Waals surface area (Å²) in [6.07, 6.45) is 2.31. The summed E-state index contributed by atoms with van der Waals surface area (Å²) in [5.74, 6) is -2.12. The van der Waals surface area contributed by atoms with Crippen molar-refractivity contribution in [3.8, 4) is 17.0 Å². The van der Waals surface area contributed by atoms with Crippen molar-refractivity contribution < 1.29 is 28.2 Å². The number of benzene rings is 1. The minimum atomic E-state index is -1.31. The van der Waals surface area contributed by atoms with Gasteiger partial charge in [0.2, 0.25) is 5.91 Å². The second kappa shape index (κ2) is 13.3. The Balaban J connectivity index is 1.71. The van der Waals surface area contributed by atoms with Gasteiger partial charge in [0.1, 0.15) is 36.1 Å². The van der Waals surface area contributed by atoms with Gasteiger partial charge < -0.3 is 29.7 Å². The summed E-state index contributed by atoms with van der Waals surface area (Å²) in [7, 11) is 0. The highest BCUT2D eigenvalue weighted by Crippen LogP contribution is 2.40. The van der Waals surface area contributed by atoms with Gasteiger partial charge in [0.25, 0.3) is 0 Å². The molecule has 3 aliphatic heterocycles. The standard InChI is InChI=1S/C34H37ClF2N6O5/c1-6-25(44)41-12-13-42(18(5)15-41)32-20-14-22(36)29-26-23(9-8-21(35)27(26)37)48-16-24(47-7-2)31(45)19-10-11-38-28(17(3)4)30(19)43(33(20)39-29)34(46)40-32/h6,8-11,14,17-18,24,28,31,38,45H,1,7,12-13,15-16H2,2-5H3/t18-,24?,28?,31?/m0/s1. The van der Waals surface area contributed by atoms with Crippen molar-refractivity contribution in [1.82, 2.24) is 24.8 Å². The van der Waals surface area contributed by atoms with Crippen LogP contribution in [0.5, 0.6) is 5.75 Å². The largest absolute Gasteiger partial charge is 0.490 e. The lowest BCUT2D eigenvalue weighted by Crippen LogP contribution is -2.54. The normalized spacial score (nSPS) is 22.5. The second-order valence-electron chi connectivity index (χ2n) is 12.3. The average Bonchev–Trinajstić information content (AvgIpc) is 3.06. The summed E-state index contributed by atoms with van der Waals surface area (Å²) < 4.78 is 45.5. The predicted molar refractivity (Wildman–Crippen MR) is 179 cm³/mol. The van der Waals surface area contributed by atoms with Crippen molar-refractivity contribution in [2.24, 2.45) is 5.92 Å². The quantitative estimate of drug-likeness (QED) is 0.383. The van der Waals surface area contributed by atoms with Gasteiger partial charge in [-0.3, -0.25) is 4.79 Å². The van der Waals surface area contributed by atoms with Crippen LogP contribution in [-0.4, -0.2) is 87.6 Å². The van der Waals surface area contributed by atoms with E-state index in [1.807, 2.05) is 25.7 Å². The zero-order valence-electron chi connectivity index (χ0n) is 27.0. The molecule has 1 saturated heterocycles. The fraction of sp³-hybridized carbons (Fsp3) is 0.412. The number of carbonyl (C=O) groups is 1. The molecule has 6 rings (SSSR count). The molecule has 2 aromatic heterocycles. The molecule has 1 amide bonds. The number of carbonyl (C=O) groups excluding carboxylic acids is 1. The van der Waals surface area contributed by atoms with Gasteiger partial charge in [-0.2, -0.15) is 4.98 Å². The number of ether oxygens (including phenoxy) is 2. The molecular weight excluding hydrogens is 646 g/mol. The first kappa shape index (κ1) is 33.6. The lowest BCUT2D eigenvalue weighted by atomic mass is 9.90. The molecule has 14 heteroatoms. The van der Waals surface area contributed by atoms with Gasteiger partial charge in [-0.1, -0.05) is 32.0 Å². The van der Waals surface area contributed by atoms with Crippen molar-refractivity contribution in [2.45, 2.75) is 52.0 Å². The van der Waals surface area contributed by atoms with Crippen molar-refractivity contribution >= 4 is 40.1 Å². The van der Waals surface area contributed by atoms with Gasteiger partial charge in [-0.15, -0.1) is 0 Å². The van der Waals surface area contributed by atoms with Gasteiger partial charge >= 0.3 is 5.69 Å². The van der Waals surface area contributed by atoms with E-state index in [0.717, 1.165) is 0 Å². The fourth-order valence-corrected chi connectivity index (χ4v) is 6.78. The Hall–Kier alpha value is -4.33. The maximum absolute atomic E-state index is 16.4. The van der Waals surface area contributed by atoms with E-state index in [1.54, 1.807) is 24.1 Å². The van der Waals surface area contributed by atoms with E-state index in [0.29, 0.717) is 24.4 Å². The smallest absolute Gasteiger partial charge is 0.355 e. The molecule has 11 nitrogen and oxygen atoms in total. The zero-order valence-corrected chi connectivity index (χ0v) is 27.8. The van der Waals surface area contributed by atoms with Crippen molar-refractivity contribution in [3.63, 3.8) is 0 Å². The Morgan fingerprint density at radius 1 is 1.29 bits per heavy atom. The lowest BCUT2D eigenvalue weighted by molar-refractivity contribution is -0.126. The molecule has 3 aliphatic rings. The highest BCUT2D eigenvalue weighted by molar-refractivity contribution is 6.31. The minimum Gasteiger partial charge on any atom is -0.490 e. The van der Waals surface area contributed by atoms with Crippen LogP contribution in [0.4, 0.5) is 14.6 Å². The number of hydrogen-bond acceptors (Lipinski definition) is 9. The lowest BCUT2D eigenvalue weighted by Gasteiger charge is -2.40. The highest BCUT2D eigenvalue weighted by Gasteiger charge is 2.37. The van der Waals surface area contributed by atoms with Crippen LogP contribution in [0.1, 0.15) is 27.7 Å². The molecular formula is C34H37ClF2N6O5. The number of pyridine rings is 1. The van der Waals surface area contributed by atoms with E-state index < -0.39 is 41.3 Å². The van der Waals surface area contributed by atoms with Crippen molar-refractivity contribution in [3.05, 3.63) is 75.8 Å². The third-order valence-electron chi connectivity index (χ3n) is 8.97. The van der Waals surface area contributed by atoms with Gasteiger partial charge in [0, 0.05) is 37.9 Å². The van der Waals surface area contributed by atoms with Gasteiger partial charge in [-0.25, -0.2) is 23.1 Å².